The Morgan fingerprint density at radius 1 is 1.11 bits per heavy atom. The zero-order valence-electron chi connectivity index (χ0n) is 9.78. The lowest BCUT2D eigenvalue weighted by atomic mass is 10.2. The lowest BCUT2D eigenvalue weighted by Gasteiger charge is -2.07. The summed E-state index contributed by atoms with van der Waals surface area (Å²) < 4.78 is 0. The summed E-state index contributed by atoms with van der Waals surface area (Å²) >= 11 is 1.15. The second kappa shape index (κ2) is 5.53. The van der Waals surface area contributed by atoms with Crippen LogP contribution in [0, 0.1) is 10.1 Å². The molecular formula is C13H10N2O3S. The van der Waals surface area contributed by atoms with E-state index in [9.17, 15) is 14.9 Å². The van der Waals surface area contributed by atoms with Crippen LogP contribution in [0.4, 0.5) is 5.69 Å². The van der Waals surface area contributed by atoms with Gasteiger partial charge in [0.2, 0.25) is 5.91 Å². The molecule has 0 bridgehead atoms. The molecule has 0 fully saturated rings. The molecule has 6 heteroatoms. The van der Waals surface area contributed by atoms with E-state index in [0.29, 0.717) is 0 Å². The minimum absolute atomic E-state index is 0.120. The van der Waals surface area contributed by atoms with Crippen LogP contribution in [0.5, 0.6) is 0 Å². The van der Waals surface area contributed by atoms with Gasteiger partial charge in [0, 0.05) is 11.0 Å². The van der Waals surface area contributed by atoms with Crippen molar-refractivity contribution in [3.8, 4) is 0 Å². The molecule has 5 nitrogen and oxygen atoms in total. The first-order valence-corrected chi connectivity index (χ1v) is 6.21. The third kappa shape index (κ3) is 2.92. The van der Waals surface area contributed by atoms with Gasteiger partial charge in [-0.2, -0.15) is 0 Å². The van der Waals surface area contributed by atoms with Crippen LogP contribution >= 0.6 is 11.8 Å². The van der Waals surface area contributed by atoms with Crippen LogP contribution in [0.15, 0.2) is 58.3 Å². The average molecular weight is 274 g/mol. The number of amides is 1. The van der Waals surface area contributed by atoms with E-state index in [1.165, 1.54) is 18.2 Å². The van der Waals surface area contributed by atoms with Crippen molar-refractivity contribution in [3.05, 3.63) is 64.2 Å². The lowest BCUT2D eigenvalue weighted by Crippen LogP contribution is -2.13. The highest BCUT2D eigenvalue weighted by Crippen LogP contribution is 2.37. The summed E-state index contributed by atoms with van der Waals surface area (Å²) in [6, 6.07) is 13.4. The Labute approximate surface area is 113 Å². The first-order chi connectivity index (χ1) is 9.09. The molecular weight excluding hydrogens is 264 g/mol. The van der Waals surface area contributed by atoms with E-state index in [0.717, 1.165) is 16.7 Å². The standard InChI is InChI=1S/C13H10N2O3S/c14-13(16)10-7-4-8-11(15(17)18)12(10)19-9-5-2-1-3-6-9/h1-8H,(H2,14,16). The normalized spacial score (nSPS) is 10.1. The van der Waals surface area contributed by atoms with E-state index < -0.39 is 10.8 Å². The summed E-state index contributed by atoms with van der Waals surface area (Å²) in [4.78, 5) is 23.0. The van der Waals surface area contributed by atoms with E-state index in [1.807, 2.05) is 30.3 Å². The van der Waals surface area contributed by atoms with Gasteiger partial charge in [-0.15, -0.1) is 0 Å². The molecule has 96 valence electrons. The Hall–Kier alpha value is -2.34. The van der Waals surface area contributed by atoms with Gasteiger partial charge in [-0.3, -0.25) is 14.9 Å². The summed E-state index contributed by atoms with van der Waals surface area (Å²) in [6.07, 6.45) is 0. The third-order valence-corrected chi connectivity index (χ3v) is 3.56. The minimum Gasteiger partial charge on any atom is -0.366 e. The van der Waals surface area contributed by atoms with Crippen LogP contribution in [0.2, 0.25) is 0 Å². The number of nitro groups is 1. The van der Waals surface area contributed by atoms with E-state index in [-0.39, 0.29) is 16.1 Å². The maximum absolute atomic E-state index is 11.4. The van der Waals surface area contributed by atoms with Crippen LogP contribution in [0.3, 0.4) is 0 Å². The van der Waals surface area contributed by atoms with E-state index in [2.05, 4.69) is 0 Å². The molecule has 2 aromatic carbocycles. The second-order valence-electron chi connectivity index (χ2n) is 3.69. The molecule has 0 atom stereocenters. The third-order valence-electron chi connectivity index (χ3n) is 2.42. The summed E-state index contributed by atoms with van der Waals surface area (Å²) in [6.45, 7) is 0. The van der Waals surface area contributed by atoms with Gasteiger partial charge in [-0.05, 0) is 18.2 Å². The van der Waals surface area contributed by atoms with Crippen LogP contribution in [-0.2, 0) is 0 Å². The predicted octanol–water partition coefficient (Wildman–Crippen LogP) is 2.84. The fourth-order valence-electron chi connectivity index (χ4n) is 1.58. The van der Waals surface area contributed by atoms with Crippen molar-refractivity contribution in [2.24, 2.45) is 5.73 Å². The molecule has 0 aliphatic carbocycles. The molecule has 1 amide bonds. The number of nitrogens with zero attached hydrogens (tertiary/aromatic N) is 1. The van der Waals surface area contributed by atoms with Gasteiger partial charge in [0.1, 0.15) is 4.90 Å². The molecule has 0 aliphatic heterocycles. The van der Waals surface area contributed by atoms with Crippen molar-refractivity contribution >= 4 is 23.4 Å². The molecule has 0 heterocycles. The Morgan fingerprint density at radius 2 is 1.79 bits per heavy atom. The van der Waals surface area contributed by atoms with Gasteiger partial charge >= 0.3 is 0 Å². The Balaban J connectivity index is 2.52. The van der Waals surface area contributed by atoms with Gasteiger partial charge in [0.15, 0.2) is 0 Å². The van der Waals surface area contributed by atoms with Gasteiger partial charge in [0.25, 0.3) is 5.69 Å². The molecule has 0 spiro atoms. The quantitative estimate of drug-likeness (QED) is 0.686. The highest BCUT2D eigenvalue weighted by Gasteiger charge is 2.21. The highest BCUT2D eigenvalue weighted by atomic mass is 32.2. The predicted molar refractivity (Wildman–Crippen MR) is 72.2 cm³/mol. The van der Waals surface area contributed by atoms with Crippen molar-refractivity contribution in [1.29, 1.82) is 0 Å². The smallest absolute Gasteiger partial charge is 0.284 e. The topological polar surface area (TPSA) is 86.2 Å². The van der Waals surface area contributed by atoms with Crippen molar-refractivity contribution in [1.82, 2.24) is 0 Å². The molecule has 19 heavy (non-hydrogen) atoms. The number of hydrogen-bond donors (Lipinski definition) is 1. The Kier molecular flexibility index (Phi) is 3.82. The summed E-state index contributed by atoms with van der Waals surface area (Å²) in [5, 5.41) is 11.0. The monoisotopic (exact) mass is 274 g/mol. The van der Waals surface area contributed by atoms with E-state index in [4.69, 9.17) is 5.73 Å². The lowest BCUT2D eigenvalue weighted by molar-refractivity contribution is -0.387. The van der Waals surface area contributed by atoms with E-state index >= 15 is 0 Å². The van der Waals surface area contributed by atoms with Gasteiger partial charge in [-0.25, -0.2) is 0 Å². The second-order valence-corrected chi connectivity index (χ2v) is 4.77. The van der Waals surface area contributed by atoms with Crippen LogP contribution < -0.4 is 5.73 Å². The zero-order valence-corrected chi connectivity index (χ0v) is 10.6. The summed E-state index contributed by atoms with van der Waals surface area (Å²) in [7, 11) is 0. The molecule has 0 saturated carbocycles. The fraction of sp³-hybridized carbons (Fsp3) is 0. The number of nitro benzene ring substituents is 1. The van der Waals surface area contributed by atoms with Crippen LogP contribution in [-0.4, -0.2) is 10.8 Å². The minimum atomic E-state index is -0.679. The fourth-order valence-corrected chi connectivity index (χ4v) is 2.63. The molecule has 2 aromatic rings. The SMILES string of the molecule is NC(=O)c1cccc([N+](=O)[O-])c1Sc1ccccc1. The van der Waals surface area contributed by atoms with Gasteiger partial charge < -0.3 is 5.73 Å². The summed E-state index contributed by atoms with van der Waals surface area (Å²) in [5.74, 6) is -0.679. The molecule has 0 unspecified atom stereocenters. The van der Waals surface area contributed by atoms with Crippen molar-refractivity contribution in [3.63, 3.8) is 0 Å². The zero-order chi connectivity index (χ0) is 13.8. The largest absolute Gasteiger partial charge is 0.366 e. The molecule has 0 saturated heterocycles. The number of nitrogens with two attached hydrogens (primary N) is 1. The van der Waals surface area contributed by atoms with Crippen molar-refractivity contribution in [2.75, 3.05) is 0 Å². The number of carbonyl (C=O) groups excluding carboxylic acids is 1. The number of hydrogen-bond acceptors (Lipinski definition) is 4. The molecule has 2 N–H and O–H groups in total. The molecule has 0 radical (unpaired) electrons. The van der Waals surface area contributed by atoms with Crippen LogP contribution in [0.25, 0.3) is 0 Å². The van der Waals surface area contributed by atoms with Crippen LogP contribution in [0.1, 0.15) is 10.4 Å². The summed E-state index contributed by atoms with van der Waals surface area (Å²) in [5.41, 5.74) is 5.30. The van der Waals surface area contributed by atoms with E-state index in [1.54, 1.807) is 0 Å². The maximum Gasteiger partial charge on any atom is 0.284 e. The van der Waals surface area contributed by atoms with Crippen molar-refractivity contribution < 1.29 is 9.72 Å². The molecule has 0 aromatic heterocycles. The first kappa shape index (κ1) is 13.1. The highest BCUT2D eigenvalue weighted by molar-refractivity contribution is 7.99. The Morgan fingerprint density at radius 3 is 2.37 bits per heavy atom. The number of primary amides is 1. The number of rotatable bonds is 4. The maximum atomic E-state index is 11.4. The average Bonchev–Trinajstić information content (AvgIpc) is 2.39. The number of carbonyl (C=O) groups is 1. The van der Waals surface area contributed by atoms with Gasteiger partial charge in [0.05, 0.1) is 10.5 Å². The first-order valence-electron chi connectivity index (χ1n) is 5.39. The number of benzene rings is 2. The molecule has 2 rings (SSSR count). The molecule has 0 aliphatic rings. The van der Waals surface area contributed by atoms with Crippen molar-refractivity contribution in [2.45, 2.75) is 9.79 Å². The van der Waals surface area contributed by atoms with Gasteiger partial charge in [-0.1, -0.05) is 36.0 Å². The Bertz CT molecular complexity index is 597.